The molecule has 0 bridgehead atoms. The van der Waals surface area contributed by atoms with Gasteiger partial charge in [0.1, 0.15) is 5.69 Å². The van der Waals surface area contributed by atoms with E-state index in [1.54, 1.807) is 0 Å². The first kappa shape index (κ1) is 18.7. The predicted molar refractivity (Wildman–Crippen MR) is 112 cm³/mol. The van der Waals surface area contributed by atoms with E-state index in [0.717, 1.165) is 47.7 Å². The molecule has 0 fully saturated rings. The molecule has 0 aromatic carbocycles. The summed E-state index contributed by atoms with van der Waals surface area (Å²) in [5.41, 5.74) is 5.26. The Morgan fingerprint density at radius 1 is 0.759 bits per heavy atom. The summed E-state index contributed by atoms with van der Waals surface area (Å²) in [5.74, 6) is 0.486. The molecule has 0 saturated heterocycles. The van der Waals surface area contributed by atoms with Crippen molar-refractivity contribution in [3.05, 3.63) is 94.3 Å². The van der Waals surface area contributed by atoms with Crippen molar-refractivity contribution in [1.29, 1.82) is 0 Å². The minimum absolute atomic E-state index is 0.184. The molecule has 0 unspecified atom stereocenters. The lowest BCUT2D eigenvalue weighted by molar-refractivity contribution is 0.782. The van der Waals surface area contributed by atoms with Crippen molar-refractivity contribution in [1.82, 2.24) is 24.9 Å². The SMILES string of the molecule is Cc1cccc(-c2cccc(CCCc3cccc(-c4nccc(=O)[nH]4)n3)n2)n1. The van der Waals surface area contributed by atoms with Gasteiger partial charge in [-0.15, -0.1) is 0 Å². The molecule has 4 heterocycles. The molecule has 0 radical (unpaired) electrons. The van der Waals surface area contributed by atoms with E-state index < -0.39 is 0 Å². The maximum Gasteiger partial charge on any atom is 0.251 e. The van der Waals surface area contributed by atoms with Crippen LogP contribution in [0.3, 0.4) is 0 Å². The normalized spacial score (nSPS) is 10.8. The van der Waals surface area contributed by atoms with Gasteiger partial charge in [-0.05, 0) is 62.6 Å². The largest absolute Gasteiger partial charge is 0.305 e. The predicted octanol–water partition coefficient (Wildman–Crippen LogP) is 3.77. The fraction of sp³-hybridized carbons (Fsp3) is 0.174. The van der Waals surface area contributed by atoms with E-state index in [1.807, 2.05) is 61.5 Å². The molecule has 4 aromatic rings. The first-order valence-corrected chi connectivity index (χ1v) is 9.59. The third kappa shape index (κ3) is 4.79. The average molecular weight is 383 g/mol. The third-order valence-corrected chi connectivity index (χ3v) is 4.54. The summed E-state index contributed by atoms with van der Waals surface area (Å²) in [4.78, 5) is 32.3. The summed E-state index contributed by atoms with van der Waals surface area (Å²) in [5, 5.41) is 0. The molecule has 0 saturated carbocycles. The molecule has 4 rings (SSSR count). The second-order valence-corrected chi connectivity index (χ2v) is 6.83. The highest BCUT2D eigenvalue weighted by Gasteiger charge is 2.06. The van der Waals surface area contributed by atoms with Crippen LogP contribution in [0.2, 0.25) is 0 Å². The lowest BCUT2D eigenvalue weighted by Crippen LogP contribution is -2.07. The Balaban J connectivity index is 1.43. The van der Waals surface area contributed by atoms with Gasteiger partial charge in [0.25, 0.3) is 5.56 Å². The molecule has 144 valence electrons. The Labute approximate surface area is 168 Å². The number of aromatic nitrogens is 5. The van der Waals surface area contributed by atoms with Gasteiger partial charge < -0.3 is 4.98 Å². The molecule has 0 spiro atoms. The van der Waals surface area contributed by atoms with Crippen molar-refractivity contribution < 1.29 is 0 Å². The van der Waals surface area contributed by atoms with Gasteiger partial charge in [0, 0.05) is 29.3 Å². The van der Waals surface area contributed by atoms with Crippen molar-refractivity contribution in [3.8, 4) is 22.9 Å². The third-order valence-electron chi connectivity index (χ3n) is 4.54. The van der Waals surface area contributed by atoms with Crippen LogP contribution in [0.4, 0.5) is 0 Å². The molecule has 1 N–H and O–H groups in total. The highest BCUT2D eigenvalue weighted by molar-refractivity contribution is 5.54. The van der Waals surface area contributed by atoms with Gasteiger partial charge in [-0.3, -0.25) is 14.8 Å². The minimum Gasteiger partial charge on any atom is -0.305 e. The highest BCUT2D eigenvalue weighted by atomic mass is 16.1. The van der Waals surface area contributed by atoms with Gasteiger partial charge in [0.2, 0.25) is 0 Å². The topological polar surface area (TPSA) is 84.4 Å². The Hall–Kier alpha value is -3.67. The van der Waals surface area contributed by atoms with E-state index in [2.05, 4.69) is 19.9 Å². The Morgan fingerprint density at radius 2 is 1.38 bits per heavy atom. The van der Waals surface area contributed by atoms with Crippen LogP contribution in [-0.4, -0.2) is 24.9 Å². The van der Waals surface area contributed by atoms with Crippen LogP contribution >= 0.6 is 0 Å². The van der Waals surface area contributed by atoms with E-state index in [9.17, 15) is 4.79 Å². The Kier molecular flexibility index (Phi) is 5.52. The number of pyridine rings is 3. The molecule has 29 heavy (non-hydrogen) atoms. The van der Waals surface area contributed by atoms with Gasteiger partial charge in [-0.2, -0.15) is 0 Å². The first-order valence-electron chi connectivity index (χ1n) is 9.59. The number of nitrogens with one attached hydrogen (secondary N) is 1. The Morgan fingerprint density at radius 3 is 2.07 bits per heavy atom. The maximum absolute atomic E-state index is 11.5. The maximum atomic E-state index is 11.5. The van der Waals surface area contributed by atoms with Crippen LogP contribution in [0, 0.1) is 6.92 Å². The number of aromatic amines is 1. The van der Waals surface area contributed by atoms with E-state index in [0.29, 0.717) is 11.5 Å². The standard InChI is InChI=1S/C23H21N5O/c1-16-6-2-11-19(25-16)20-12-4-9-17(26-20)7-3-8-18-10-5-13-21(27-18)23-24-15-14-22(29)28-23/h2,4-6,9-15H,3,7-8H2,1H3,(H,24,28,29). The zero-order chi connectivity index (χ0) is 20.1. The van der Waals surface area contributed by atoms with Crippen LogP contribution < -0.4 is 5.56 Å². The summed E-state index contributed by atoms with van der Waals surface area (Å²) >= 11 is 0. The van der Waals surface area contributed by atoms with E-state index in [1.165, 1.54) is 12.3 Å². The molecular weight excluding hydrogens is 362 g/mol. The zero-order valence-electron chi connectivity index (χ0n) is 16.2. The van der Waals surface area contributed by atoms with Gasteiger partial charge >= 0.3 is 0 Å². The molecule has 0 aliphatic carbocycles. The van der Waals surface area contributed by atoms with Crippen LogP contribution in [0.25, 0.3) is 22.9 Å². The van der Waals surface area contributed by atoms with Gasteiger partial charge in [-0.25, -0.2) is 9.97 Å². The van der Waals surface area contributed by atoms with Crippen LogP contribution in [0.5, 0.6) is 0 Å². The summed E-state index contributed by atoms with van der Waals surface area (Å²) in [6, 6.07) is 19.2. The molecule has 0 atom stereocenters. The highest BCUT2D eigenvalue weighted by Crippen LogP contribution is 2.17. The van der Waals surface area contributed by atoms with Crippen molar-refractivity contribution in [2.24, 2.45) is 0 Å². The number of nitrogens with zero attached hydrogens (tertiary/aromatic N) is 4. The lowest BCUT2D eigenvalue weighted by Gasteiger charge is -2.06. The number of H-pyrrole nitrogens is 1. The molecule has 0 aliphatic heterocycles. The fourth-order valence-corrected chi connectivity index (χ4v) is 3.15. The number of hydrogen-bond acceptors (Lipinski definition) is 5. The number of aryl methyl sites for hydroxylation is 3. The first-order chi connectivity index (χ1) is 14.2. The summed E-state index contributed by atoms with van der Waals surface area (Å²) < 4.78 is 0. The van der Waals surface area contributed by atoms with Crippen molar-refractivity contribution in [3.63, 3.8) is 0 Å². The molecule has 4 aromatic heterocycles. The smallest absolute Gasteiger partial charge is 0.251 e. The van der Waals surface area contributed by atoms with Crippen molar-refractivity contribution in [2.45, 2.75) is 26.2 Å². The quantitative estimate of drug-likeness (QED) is 0.548. The summed E-state index contributed by atoms with van der Waals surface area (Å²) in [6.45, 7) is 1.98. The second-order valence-electron chi connectivity index (χ2n) is 6.83. The van der Waals surface area contributed by atoms with Gasteiger partial charge in [0.15, 0.2) is 5.82 Å². The van der Waals surface area contributed by atoms with Crippen LogP contribution in [0.15, 0.2) is 71.7 Å². The molecule has 0 amide bonds. The fourth-order valence-electron chi connectivity index (χ4n) is 3.15. The van der Waals surface area contributed by atoms with E-state index in [-0.39, 0.29) is 5.56 Å². The molecule has 6 heteroatoms. The van der Waals surface area contributed by atoms with Crippen LogP contribution in [0.1, 0.15) is 23.5 Å². The number of rotatable bonds is 6. The van der Waals surface area contributed by atoms with Gasteiger partial charge in [-0.1, -0.05) is 18.2 Å². The van der Waals surface area contributed by atoms with Crippen LogP contribution in [-0.2, 0) is 12.8 Å². The minimum atomic E-state index is -0.184. The van der Waals surface area contributed by atoms with Crippen molar-refractivity contribution >= 4 is 0 Å². The molecule has 6 nitrogen and oxygen atoms in total. The lowest BCUT2D eigenvalue weighted by atomic mass is 10.1. The zero-order valence-corrected chi connectivity index (χ0v) is 16.2. The molecule has 0 aliphatic rings. The Bertz CT molecular complexity index is 1190. The van der Waals surface area contributed by atoms with Crippen molar-refractivity contribution in [2.75, 3.05) is 0 Å². The van der Waals surface area contributed by atoms with E-state index >= 15 is 0 Å². The van der Waals surface area contributed by atoms with Gasteiger partial charge in [0.05, 0.1) is 11.4 Å². The van der Waals surface area contributed by atoms with E-state index in [4.69, 9.17) is 4.98 Å². The number of hydrogen-bond donors (Lipinski definition) is 1. The summed E-state index contributed by atoms with van der Waals surface area (Å²) in [6.07, 6.45) is 4.09. The molecular formula is C23H21N5O. The average Bonchev–Trinajstić information content (AvgIpc) is 2.74. The monoisotopic (exact) mass is 383 g/mol. The summed E-state index contributed by atoms with van der Waals surface area (Å²) in [7, 11) is 0. The second kappa shape index (κ2) is 8.56.